The average Bonchev–Trinajstić information content (AvgIpc) is 2.66. The molecule has 0 bridgehead atoms. The highest BCUT2D eigenvalue weighted by atomic mass is 16.7. The molecule has 7 nitrogen and oxygen atoms in total. The van der Waals surface area contributed by atoms with E-state index in [1.165, 1.54) is 0 Å². The number of fused-ring (bicyclic) bond motifs is 1. The minimum atomic E-state index is -0.743. The van der Waals surface area contributed by atoms with Gasteiger partial charge in [0.2, 0.25) is 0 Å². The van der Waals surface area contributed by atoms with Gasteiger partial charge in [0.15, 0.2) is 0 Å². The quantitative estimate of drug-likeness (QED) is 0.417. The van der Waals surface area contributed by atoms with E-state index in [2.05, 4.69) is 19.2 Å². The lowest BCUT2D eigenvalue weighted by molar-refractivity contribution is -0.00956. The predicted molar refractivity (Wildman–Crippen MR) is 128 cm³/mol. The Morgan fingerprint density at radius 1 is 1.00 bits per heavy atom. The van der Waals surface area contributed by atoms with Crippen molar-refractivity contribution < 1.29 is 28.5 Å². The lowest BCUT2D eigenvalue weighted by Gasteiger charge is -2.48. The highest BCUT2D eigenvalue weighted by Crippen LogP contribution is 2.45. The zero-order valence-corrected chi connectivity index (χ0v) is 21.7. The summed E-state index contributed by atoms with van der Waals surface area (Å²) in [5.41, 5.74) is 0.501. The maximum Gasteiger partial charge on any atom is 0.514 e. The minimum Gasteiger partial charge on any atom is -0.444 e. The molecule has 1 aromatic carbocycles. The molecule has 0 aliphatic heterocycles. The van der Waals surface area contributed by atoms with Gasteiger partial charge in [0.1, 0.15) is 17.0 Å². The Morgan fingerprint density at radius 2 is 1.61 bits per heavy atom. The Kier molecular flexibility index (Phi) is 8.44. The zero-order valence-electron chi connectivity index (χ0n) is 21.7. The molecular weight excluding hydrogens is 422 g/mol. The maximum absolute atomic E-state index is 12.8. The molecule has 2 rings (SSSR count). The van der Waals surface area contributed by atoms with Crippen LogP contribution in [0.25, 0.3) is 0 Å². The molecule has 0 fully saturated rings. The van der Waals surface area contributed by atoms with E-state index in [1.807, 2.05) is 39.8 Å². The summed E-state index contributed by atoms with van der Waals surface area (Å²) >= 11 is 0. The fourth-order valence-electron chi connectivity index (χ4n) is 4.59. The van der Waals surface area contributed by atoms with Crippen molar-refractivity contribution in [1.29, 1.82) is 0 Å². The van der Waals surface area contributed by atoms with Gasteiger partial charge in [-0.2, -0.15) is 0 Å². The van der Waals surface area contributed by atoms with Crippen molar-refractivity contribution in [3.05, 3.63) is 29.3 Å². The Morgan fingerprint density at radius 3 is 2.12 bits per heavy atom. The normalized spacial score (nSPS) is 19.9. The van der Waals surface area contributed by atoms with Gasteiger partial charge < -0.3 is 24.3 Å². The number of ether oxygens (including phenoxy) is 4. The number of carbonyl (C=O) groups is 2. The molecule has 2 atom stereocenters. The van der Waals surface area contributed by atoms with Crippen LogP contribution in [0.2, 0.25) is 0 Å². The van der Waals surface area contributed by atoms with Crippen LogP contribution in [0.5, 0.6) is 5.75 Å². The topological polar surface area (TPSA) is 83.1 Å². The number of hydrogen-bond acceptors (Lipinski definition) is 6. The van der Waals surface area contributed by atoms with Crippen LogP contribution in [-0.2, 0) is 26.0 Å². The third-order valence-corrected chi connectivity index (χ3v) is 5.91. The number of carbonyl (C=O) groups excluding carboxylic acids is 2. The first-order valence-corrected chi connectivity index (χ1v) is 11.9. The molecule has 1 aromatic rings. The van der Waals surface area contributed by atoms with E-state index in [1.54, 1.807) is 26.8 Å². The highest BCUT2D eigenvalue weighted by Gasteiger charge is 2.48. The summed E-state index contributed by atoms with van der Waals surface area (Å²) in [5, 5.41) is 3.12. The molecule has 1 aliphatic rings. The number of benzene rings is 1. The first-order chi connectivity index (χ1) is 15.2. The molecule has 1 amide bonds. The molecular formula is C26H41NO6. The van der Waals surface area contributed by atoms with Crippen LogP contribution >= 0.6 is 0 Å². The van der Waals surface area contributed by atoms with E-state index in [0.29, 0.717) is 18.8 Å². The molecule has 186 valence electrons. The SMILES string of the molecule is CCO[C@H]1Cc2ccc(OC(=O)OC(C)(C)C)cc2C(CC)(CC)[C@@H]1NC(=O)OC(C)(C)C. The number of amides is 1. The Balaban J connectivity index is 2.46. The van der Waals surface area contributed by atoms with Gasteiger partial charge in [-0.25, -0.2) is 9.59 Å². The minimum absolute atomic E-state index is 0.201. The Bertz CT molecular complexity index is 832. The summed E-state index contributed by atoms with van der Waals surface area (Å²) in [4.78, 5) is 25.0. The second-order valence-electron chi connectivity index (χ2n) is 10.6. The second kappa shape index (κ2) is 10.3. The molecule has 0 unspecified atom stereocenters. The van der Waals surface area contributed by atoms with Gasteiger partial charge in [0.25, 0.3) is 0 Å². The van der Waals surface area contributed by atoms with Crippen molar-refractivity contribution in [1.82, 2.24) is 5.32 Å². The first kappa shape index (κ1) is 27.0. The van der Waals surface area contributed by atoms with Gasteiger partial charge in [-0.05, 0) is 84.6 Å². The van der Waals surface area contributed by atoms with E-state index in [-0.39, 0.29) is 12.1 Å². The van der Waals surface area contributed by atoms with Crippen molar-refractivity contribution in [2.75, 3.05) is 6.61 Å². The molecule has 1 aliphatic carbocycles. The summed E-state index contributed by atoms with van der Waals surface area (Å²) in [6.07, 6.45) is 0.749. The summed E-state index contributed by atoms with van der Waals surface area (Å²) in [7, 11) is 0. The van der Waals surface area contributed by atoms with E-state index < -0.39 is 28.9 Å². The molecule has 0 heterocycles. The molecule has 0 spiro atoms. The largest absolute Gasteiger partial charge is 0.514 e. The lowest BCUT2D eigenvalue weighted by Crippen LogP contribution is -2.60. The molecule has 0 saturated heterocycles. The molecule has 1 N–H and O–H groups in total. The Labute approximate surface area is 198 Å². The maximum atomic E-state index is 12.8. The fourth-order valence-corrected chi connectivity index (χ4v) is 4.59. The standard InChI is InChI=1S/C26H41NO6/c1-10-26(11-2)19-16-18(31-23(29)33-25(7,8)9)14-13-17(19)15-20(30-12-3)21(26)27-22(28)32-24(4,5)6/h13-14,16,20-21H,10-12,15H2,1-9H3,(H,27,28)/t20-,21+/m0/s1. The third-order valence-electron chi connectivity index (χ3n) is 5.91. The highest BCUT2D eigenvalue weighted by molar-refractivity contribution is 5.69. The van der Waals surface area contributed by atoms with E-state index in [0.717, 1.165) is 24.0 Å². The lowest BCUT2D eigenvalue weighted by atomic mass is 9.62. The van der Waals surface area contributed by atoms with Crippen LogP contribution in [0, 0.1) is 0 Å². The monoisotopic (exact) mass is 463 g/mol. The van der Waals surface area contributed by atoms with Crippen molar-refractivity contribution in [2.24, 2.45) is 0 Å². The van der Waals surface area contributed by atoms with Gasteiger partial charge in [0, 0.05) is 18.4 Å². The van der Waals surface area contributed by atoms with Crippen LogP contribution in [0.15, 0.2) is 18.2 Å². The van der Waals surface area contributed by atoms with Gasteiger partial charge in [-0.15, -0.1) is 0 Å². The zero-order chi connectivity index (χ0) is 25.0. The number of alkyl carbamates (subject to hydrolysis) is 1. The van der Waals surface area contributed by atoms with Gasteiger partial charge >= 0.3 is 12.2 Å². The summed E-state index contributed by atoms with van der Waals surface area (Å²) in [5.74, 6) is 0.417. The molecule has 33 heavy (non-hydrogen) atoms. The first-order valence-electron chi connectivity index (χ1n) is 11.9. The van der Waals surface area contributed by atoms with Gasteiger partial charge in [-0.1, -0.05) is 19.9 Å². The number of nitrogens with one attached hydrogen (secondary N) is 1. The van der Waals surface area contributed by atoms with Gasteiger partial charge in [0.05, 0.1) is 12.1 Å². The molecule has 7 heteroatoms. The van der Waals surface area contributed by atoms with Crippen molar-refractivity contribution >= 4 is 12.2 Å². The predicted octanol–water partition coefficient (Wildman–Crippen LogP) is 5.91. The van der Waals surface area contributed by atoms with Crippen LogP contribution in [0.1, 0.15) is 86.3 Å². The Hall–Kier alpha value is -2.28. The number of hydrogen-bond donors (Lipinski definition) is 1. The summed E-state index contributed by atoms with van der Waals surface area (Å²) in [6.45, 7) is 17.6. The smallest absolute Gasteiger partial charge is 0.444 e. The van der Waals surface area contributed by atoms with E-state index >= 15 is 0 Å². The molecule has 0 radical (unpaired) electrons. The van der Waals surface area contributed by atoms with Crippen LogP contribution in [0.4, 0.5) is 9.59 Å². The van der Waals surface area contributed by atoms with Crippen LogP contribution < -0.4 is 10.1 Å². The molecule has 0 saturated carbocycles. The summed E-state index contributed by atoms with van der Waals surface area (Å²) < 4.78 is 22.5. The van der Waals surface area contributed by atoms with Crippen molar-refractivity contribution in [3.63, 3.8) is 0 Å². The van der Waals surface area contributed by atoms with Gasteiger partial charge in [-0.3, -0.25) is 0 Å². The van der Waals surface area contributed by atoms with Crippen molar-refractivity contribution in [3.8, 4) is 5.75 Å². The van der Waals surface area contributed by atoms with Crippen LogP contribution in [-0.4, -0.2) is 42.2 Å². The third kappa shape index (κ3) is 6.85. The number of rotatable bonds is 6. The van der Waals surface area contributed by atoms with E-state index in [4.69, 9.17) is 18.9 Å². The van der Waals surface area contributed by atoms with E-state index in [9.17, 15) is 9.59 Å². The van der Waals surface area contributed by atoms with Crippen molar-refractivity contribution in [2.45, 2.75) is 110 Å². The van der Waals surface area contributed by atoms with Crippen LogP contribution in [0.3, 0.4) is 0 Å². The fraction of sp³-hybridized carbons (Fsp3) is 0.692. The summed E-state index contributed by atoms with van der Waals surface area (Å²) in [6, 6.07) is 5.36. The molecule has 0 aromatic heterocycles. The second-order valence-corrected chi connectivity index (χ2v) is 10.6. The average molecular weight is 464 g/mol.